The number of benzene rings is 4. The summed E-state index contributed by atoms with van der Waals surface area (Å²) < 4.78 is 43.6. The Balaban J connectivity index is 1.83. The lowest BCUT2D eigenvalue weighted by Crippen LogP contribution is -2.54. The number of halogens is 1. The Morgan fingerprint density at radius 3 is 2.09 bits per heavy atom. The van der Waals surface area contributed by atoms with E-state index < -0.39 is 34.3 Å². The number of sulfonamides is 1. The topological polar surface area (TPSA) is 86.8 Å². The Morgan fingerprint density at radius 2 is 1.46 bits per heavy atom. The van der Waals surface area contributed by atoms with Gasteiger partial charge in [0.2, 0.25) is 11.8 Å². The molecule has 9 heteroatoms. The molecule has 4 rings (SSSR count). The summed E-state index contributed by atoms with van der Waals surface area (Å²) in [5, 5.41) is 3.02. The van der Waals surface area contributed by atoms with Crippen LogP contribution in [0.2, 0.25) is 0 Å². The van der Waals surface area contributed by atoms with Crippen LogP contribution in [0.3, 0.4) is 0 Å². The molecule has 0 unspecified atom stereocenters. The number of amides is 2. The van der Waals surface area contributed by atoms with E-state index in [1.165, 1.54) is 29.2 Å². The number of aryl methyl sites for hydroxylation is 2. The van der Waals surface area contributed by atoms with E-state index in [4.69, 9.17) is 0 Å². The van der Waals surface area contributed by atoms with E-state index in [0.717, 1.165) is 21.0 Å². The molecule has 2 atom stereocenters. The molecule has 0 aliphatic rings. The van der Waals surface area contributed by atoms with Crippen LogP contribution in [-0.2, 0) is 39.0 Å². The van der Waals surface area contributed by atoms with Crippen molar-refractivity contribution in [2.45, 2.75) is 70.5 Å². The lowest BCUT2D eigenvalue weighted by Gasteiger charge is -2.34. The number of nitrogens with one attached hydrogen (secondary N) is 1. The molecule has 0 aliphatic carbocycles. The van der Waals surface area contributed by atoms with Crippen molar-refractivity contribution >= 4 is 27.5 Å². The summed E-state index contributed by atoms with van der Waals surface area (Å²) in [5.41, 5.74) is 3.49. The Morgan fingerprint density at radius 1 is 0.826 bits per heavy atom. The molecule has 4 aromatic rings. The van der Waals surface area contributed by atoms with Gasteiger partial charge in [0.15, 0.2) is 0 Å². The summed E-state index contributed by atoms with van der Waals surface area (Å²) in [7, 11) is -4.20. The standard InChI is InChI=1S/C37H42FN3O4S/c1-5-28(4)39-37(43)35(24-29-12-8-7-9-13-29)40(25-30-18-20-32(38)21-19-30)36(42)26-41(34-15-11-10-14-31(34)6-2)46(44,45)33-22-16-27(3)17-23-33/h7-23,28,35H,5-6,24-26H2,1-4H3,(H,39,43)/t28-,35-/m1/s1. The molecular weight excluding hydrogens is 601 g/mol. The molecule has 0 saturated heterocycles. The maximum atomic E-state index is 14.6. The van der Waals surface area contributed by atoms with E-state index in [-0.39, 0.29) is 29.8 Å². The van der Waals surface area contributed by atoms with Crippen LogP contribution < -0.4 is 9.62 Å². The summed E-state index contributed by atoms with van der Waals surface area (Å²) in [6.07, 6.45) is 1.43. The largest absolute Gasteiger partial charge is 0.352 e. The van der Waals surface area contributed by atoms with Gasteiger partial charge in [0.05, 0.1) is 10.6 Å². The zero-order valence-corrected chi connectivity index (χ0v) is 27.6. The van der Waals surface area contributed by atoms with Gasteiger partial charge in [-0.15, -0.1) is 0 Å². The first-order valence-corrected chi connectivity index (χ1v) is 17.0. The molecule has 4 aromatic carbocycles. The number of nitrogens with zero attached hydrogens (tertiary/aromatic N) is 2. The number of rotatable bonds is 14. The number of para-hydroxylation sites is 1. The quantitative estimate of drug-likeness (QED) is 0.171. The molecule has 0 radical (unpaired) electrons. The molecule has 0 spiro atoms. The third kappa shape index (κ3) is 8.60. The predicted octanol–water partition coefficient (Wildman–Crippen LogP) is 6.45. The number of anilines is 1. The molecule has 0 heterocycles. The molecule has 0 aromatic heterocycles. The number of carbonyl (C=O) groups is 2. The van der Waals surface area contributed by atoms with Crippen molar-refractivity contribution < 1.29 is 22.4 Å². The van der Waals surface area contributed by atoms with Gasteiger partial charge < -0.3 is 10.2 Å². The molecule has 7 nitrogen and oxygen atoms in total. The van der Waals surface area contributed by atoms with Crippen LogP contribution in [0.4, 0.5) is 10.1 Å². The summed E-state index contributed by atoms with van der Waals surface area (Å²) in [6, 6.07) is 27.6. The van der Waals surface area contributed by atoms with Gasteiger partial charge in [0.25, 0.3) is 10.0 Å². The highest BCUT2D eigenvalue weighted by molar-refractivity contribution is 7.92. The van der Waals surface area contributed by atoms with Crippen LogP contribution in [0.15, 0.2) is 108 Å². The minimum Gasteiger partial charge on any atom is -0.352 e. The molecule has 2 amide bonds. The molecule has 0 bridgehead atoms. The average Bonchev–Trinajstić information content (AvgIpc) is 3.06. The first kappa shape index (κ1) is 34.4. The lowest BCUT2D eigenvalue weighted by atomic mass is 10.0. The zero-order chi connectivity index (χ0) is 33.3. The van der Waals surface area contributed by atoms with Crippen LogP contribution in [0.1, 0.15) is 49.4 Å². The zero-order valence-electron chi connectivity index (χ0n) is 26.8. The number of hydrogen-bond donors (Lipinski definition) is 1. The maximum absolute atomic E-state index is 14.6. The fourth-order valence-corrected chi connectivity index (χ4v) is 6.64. The monoisotopic (exact) mass is 643 g/mol. The molecule has 0 saturated carbocycles. The van der Waals surface area contributed by atoms with Crippen molar-refractivity contribution in [1.29, 1.82) is 0 Å². The van der Waals surface area contributed by atoms with E-state index >= 15 is 0 Å². The van der Waals surface area contributed by atoms with E-state index in [2.05, 4.69) is 5.32 Å². The smallest absolute Gasteiger partial charge is 0.264 e. The van der Waals surface area contributed by atoms with Crippen molar-refractivity contribution in [3.8, 4) is 0 Å². The van der Waals surface area contributed by atoms with Gasteiger partial charge in [-0.1, -0.05) is 92.2 Å². The first-order chi connectivity index (χ1) is 22.0. The highest BCUT2D eigenvalue weighted by Gasteiger charge is 2.35. The third-order valence-corrected chi connectivity index (χ3v) is 9.84. The van der Waals surface area contributed by atoms with Crippen molar-refractivity contribution in [3.05, 3.63) is 131 Å². The van der Waals surface area contributed by atoms with Crippen molar-refractivity contribution in [2.24, 2.45) is 0 Å². The molecule has 46 heavy (non-hydrogen) atoms. The van der Waals surface area contributed by atoms with E-state index in [0.29, 0.717) is 24.1 Å². The van der Waals surface area contributed by atoms with Gasteiger partial charge in [-0.05, 0) is 73.7 Å². The Labute approximate surface area is 272 Å². The maximum Gasteiger partial charge on any atom is 0.264 e. The van der Waals surface area contributed by atoms with Gasteiger partial charge in [-0.3, -0.25) is 13.9 Å². The minimum atomic E-state index is -4.20. The van der Waals surface area contributed by atoms with Gasteiger partial charge >= 0.3 is 0 Å². The fraction of sp³-hybridized carbons (Fsp3) is 0.297. The predicted molar refractivity (Wildman–Crippen MR) is 180 cm³/mol. The Bertz CT molecular complexity index is 1710. The molecule has 242 valence electrons. The van der Waals surface area contributed by atoms with Crippen molar-refractivity contribution in [2.75, 3.05) is 10.8 Å². The van der Waals surface area contributed by atoms with E-state index in [9.17, 15) is 22.4 Å². The molecular formula is C37H42FN3O4S. The second-order valence-corrected chi connectivity index (χ2v) is 13.3. The second-order valence-electron chi connectivity index (χ2n) is 11.5. The average molecular weight is 644 g/mol. The van der Waals surface area contributed by atoms with Crippen LogP contribution in [-0.4, -0.2) is 43.8 Å². The molecule has 0 aliphatic heterocycles. The van der Waals surface area contributed by atoms with Crippen LogP contribution in [0, 0.1) is 12.7 Å². The third-order valence-electron chi connectivity index (χ3n) is 8.07. The Hall–Kier alpha value is -4.50. The van der Waals surface area contributed by atoms with Gasteiger partial charge in [0, 0.05) is 19.0 Å². The summed E-state index contributed by atoms with van der Waals surface area (Å²) in [5.74, 6) is -1.34. The first-order valence-electron chi connectivity index (χ1n) is 15.6. The van der Waals surface area contributed by atoms with Crippen molar-refractivity contribution in [1.82, 2.24) is 10.2 Å². The normalized spacial score (nSPS) is 12.6. The number of carbonyl (C=O) groups excluding carboxylic acids is 2. The summed E-state index contributed by atoms with van der Waals surface area (Å²) in [4.78, 5) is 30.0. The lowest BCUT2D eigenvalue weighted by molar-refractivity contribution is -0.140. The SMILES string of the molecule is CCc1ccccc1N(CC(=O)N(Cc1ccc(F)cc1)[C@H](Cc1ccccc1)C(=O)N[C@H](C)CC)S(=O)(=O)c1ccc(C)cc1. The fourth-order valence-electron chi connectivity index (χ4n) is 5.19. The van der Waals surface area contributed by atoms with E-state index in [1.807, 2.05) is 70.2 Å². The highest BCUT2D eigenvalue weighted by atomic mass is 32.2. The minimum absolute atomic E-state index is 0.0294. The van der Waals surface area contributed by atoms with Crippen LogP contribution in [0.5, 0.6) is 0 Å². The van der Waals surface area contributed by atoms with Crippen LogP contribution >= 0.6 is 0 Å². The highest BCUT2D eigenvalue weighted by Crippen LogP contribution is 2.29. The second kappa shape index (κ2) is 15.7. The summed E-state index contributed by atoms with van der Waals surface area (Å²) >= 11 is 0. The number of hydrogen-bond acceptors (Lipinski definition) is 4. The summed E-state index contributed by atoms with van der Waals surface area (Å²) in [6.45, 7) is 7.06. The van der Waals surface area contributed by atoms with Crippen molar-refractivity contribution in [3.63, 3.8) is 0 Å². The van der Waals surface area contributed by atoms with Gasteiger partial charge in [-0.2, -0.15) is 0 Å². The Kier molecular flexibility index (Phi) is 11.7. The molecule has 1 N–H and O–H groups in total. The van der Waals surface area contributed by atoms with Gasteiger partial charge in [-0.25, -0.2) is 12.8 Å². The van der Waals surface area contributed by atoms with Crippen LogP contribution in [0.25, 0.3) is 0 Å². The van der Waals surface area contributed by atoms with Gasteiger partial charge in [0.1, 0.15) is 18.4 Å². The van der Waals surface area contributed by atoms with E-state index in [1.54, 1.807) is 36.4 Å². The molecule has 0 fully saturated rings.